The molecule has 1 aromatic rings. The van der Waals surface area contributed by atoms with Gasteiger partial charge in [-0.25, -0.2) is 0 Å². The molecular weight excluding hydrogens is 403 g/mol. The van der Waals surface area contributed by atoms with Gasteiger partial charge in [-0.15, -0.1) is 24.0 Å². The van der Waals surface area contributed by atoms with Crippen LogP contribution in [0, 0.1) is 0 Å². The van der Waals surface area contributed by atoms with Crippen molar-refractivity contribution in [2.45, 2.75) is 32.0 Å². The predicted octanol–water partition coefficient (Wildman–Crippen LogP) is 2.21. The highest BCUT2D eigenvalue weighted by Gasteiger charge is 2.15. The molecule has 5 nitrogen and oxygen atoms in total. The molecule has 6 heteroatoms. The van der Waals surface area contributed by atoms with Gasteiger partial charge in [0.2, 0.25) is 0 Å². The van der Waals surface area contributed by atoms with E-state index in [1.165, 1.54) is 11.1 Å². The van der Waals surface area contributed by atoms with Crippen LogP contribution in [0.15, 0.2) is 29.3 Å². The summed E-state index contributed by atoms with van der Waals surface area (Å²) in [5, 5.41) is 6.67. The highest BCUT2D eigenvalue weighted by atomic mass is 127. The van der Waals surface area contributed by atoms with Gasteiger partial charge in [0, 0.05) is 33.3 Å². The van der Waals surface area contributed by atoms with Crippen LogP contribution in [-0.2, 0) is 17.8 Å². The molecule has 1 heterocycles. The molecular formula is C17H29IN4O. The third-order valence-electron chi connectivity index (χ3n) is 3.73. The molecule has 2 rings (SSSR count). The second kappa shape index (κ2) is 10.8. The summed E-state index contributed by atoms with van der Waals surface area (Å²) in [7, 11) is 5.96. The van der Waals surface area contributed by atoms with Gasteiger partial charge in [0.25, 0.3) is 0 Å². The van der Waals surface area contributed by atoms with Gasteiger partial charge in [-0.05, 0) is 38.1 Å². The molecule has 1 unspecified atom stereocenters. The van der Waals surface area contributed by atoms with E-state index in [0.29, 0.717) is 6.10 Å². The van der Waals surface area contributed by atoms with Gasteiger partial charge in [-0.3, -0.25) is 4.99 Å². The summed E-state index contributed by atoms with van der Waals surface area (Å²) in [5.41, 5.74) is 2.58. The Morgan fingerprint density at radius 1 is 1.22 bits per heavy atom. The summed E-state index contributed by atoms with van der Waals surface area (Å²) in [6, 6.07) is 8.69. The van der Waals surface area contributed by atoms with Crippen LogP contribution in [0.25, 0.3) is 0 Å². The van der Waals surface area contributed by atoms with Crippen molar-refractivity contribution in [3.05, 3.63) is 35.4 Å². The van der Waals surface area contributed by atoms with Gasteiger partial charge in [-0.1, -0.05) is 24.3 Å². The second-order valence-corrected chi connectivity index (χ2v) is 6.00. The minimum Gasteiger partial charge on any atom is -0.376 e. The Morgan fingerprint density at radius 3 is 2.48 bits per heavy atom. The van der Waals surface area contributed by atoms with Gasteiger partial charge in [0.15, 0.2) is 5.96 Å². The van der Waals surface area contributed by atoms with E-state index in [9.17, 15) is 0 Å². The average Bonchev–Trinajstić information content (AvgIpc) is 3.02. The maximum atomic E-state index is 5.61. The van der Waals surface area contributed by atoms with E-state index in [0.717, 1.165) is 45.0 Å². The third kappa shape index (κ3) is 7.50. The fraction of sp³-hybridized carbons (Fsp3) is 0.588. The van der Waals surface area contributed by atoms with E-state index in [4.69, 9.17) is 4.74 Å². The second-order valence-electron chi connectivity index (χ2n) is 6.00. The van der Waals surface area contributed by atoms with E-state index < -0.39 is 0 Å². The zero-order chi connectivity index (χ0) is 15.8. The normalized spacial score (nSPS) is 17.9. The van der Waals surface area contributed by atoms with Crippen molar-refractivity contribution in [2.24, 2.45) is 4.99 Å². The van der Waals surface area contributed by atoms with Crippen LogP contribution >= 0.6 is 24.0 Å². The molecule has 0 radical (unpaired) electrons. The number of benzene rings is 1. The van der Waals surface area contributed by atoms with Crippen LogP contribution in [-0.4, -0.2) is 51.3 Å². The van der Waals surface area contributed by atoms with E-state index in [-0.39, 0.29) is 24.0 Å². The summed E-state index contributed by atoms with van der Waals surface area (Å²) < 4.78 is 5.61. The lowest BCUT2D eigenvalue weighted by atomic mass is 10.1. The number of ether oxygens (including phenoxy) is 1. The zero-order valence-corrected chi connectivity index (χ0v) is 16.7. The first-order valence-electron chi connectivity index (χ1n) is 7.96. The van der Waals surface area contributed by atoms with Crippen molar-refractivity contribution in [2.75, 3.05) is 34.3 Å². The maximum Gasteiger partial charge on any atom is 0.191 e. The molecule has 0 aliphatic carbocycles. The minimum atomic E-state index is 0. The molecule has 0 bridgehead atoms. The van der Waals surface area contributed by atoms with Gasteiger partial charge in [0.05, 0.1) is 6.10 Å². The molecule has 1 aromatic carbocycles. The van der Waals surface area contributed by atoms with Gasteiger partial charge < -0.3 is 20.3 Å². The van der Waals surface area contributed by atoms with Crippen molar-refractivity contribution in [1.82, 2.24) is 15.5 Å². The largest absolute Gasteiger partial charge is 0.376 e. The molecule has 0 saturated carbocycles. The Morgan fingerprint density at radius 2 is 1.91 bits per heavy atom. The quantitative estimate of drug-likeness (QED) is 0.411. The summed E-state index contributed by atoms with van der Waals surface area (Å²) in [5.74, 6) is 0.827. The van der Waals surface area contributed by atoms with E-state index in [1.807, 2.05) is 0 Å². The Balaban J connectivity index is 0.00000264. The average molecular weight is 432 g/mol. The molecule has 0 spiro atoms. The lowest BCUT2D eigenvalue weighted by Crippen LogP contribution is -2.40. The predicted molar refractivity (Wildman–Crippen MR) is 106 cm³/mol. The molecule has 23 heavy (non-hydrogen) atoms. The number of hydrogen-bond donors (Lipinski definition) is 2. The highest BCUT2D eigenvalue weighted by Crippen LogP contribution is 2.10. The Bertz CT molecular complexity index is 470. The van der Waals surface area contributed by atoms with Crippen molar-refractivity contribution in [3.8, 4) is 0 Å². The highest BCUT2D eigenvalue weighted by molar-refractivity contribution is 14.0. The van der Waals surface area contributed by atoms with Crippen LogP contribution in [0.5, 0.6) is 0 Å². The summed E-state index contributed by atoms with van der Waals surface area (Å²) in [6.07, 6.45) is 2.62. The Kier molecular flexibility index (Phi) is 9.50. The van der Waals surface area contributed by atoms with Crippen molar-refractivity contribution in [3.63, 3.8) is 0 Å². The topological polar surface area (TPSA) is 48.9 Å². The maximum absolute atomic E-state index is 5.61. The molecule has 130 valence electrons. The van der Waals surface area contributed by atoms with E-state index in [2.05, 4.69) is 58.9 Å². The Labute approximate surface area is 156 Å². The lowest BCUT2D eigenvalue weighted by molar-refractivity contribution is 0.114. The number of nitrogens with zero attached hydrogens (tertiary/aromatic N) is 2. The molecule has 1 atom stereocenters. The number of halogens is 1. The first-order valence-corrected chi connectivity index (χ1v) is 7.96. The first kappa shape index (κ1) is 20.2. The minimum absolute atomic E-state index is 0. The van der Waals surface area contributed by atoms with Crippen LogP contribution < -0.4 is 10.6 Å². The number of nitrogens with one attached hydrogen (secondary N) is 2. The summed E-state index contributed by atoms with van der Waals surface area (Å²) in [6.45, 7) is 3.45. The summed E-state index contributed by atoms with van der Waals surface area (Å²) in [4.78, 5) is 6.42. The van der Waals surface area contributed by atoms with Gasteiger partial charge in [-0.2, -0.15) is 0 Å². The zero-order valence-electron chi connectivity index (χ0n) is 14.3. The third-order valence-corrected chi connectivity index (χ3v) is 3.73. The smallest absolute Gasteiger partial charge is 0.191 e. The molecule has 0 amide bonds. The van der Waals surface area contributed by atoms with Crippen molar-refractivity contribution < 1.29 is 4.74 Å². The van der Waals surface area contributed by atoms with Crippen LogP contribution in [0.4, 0.5) is 0 Å². The fourth-order valence-corrected chi connectivity index (χ4v) is 2.55. The van der Waals surface area contributed by atoms with E-state index >= 15 is 0 Å². The van der Waals surface area contributed by atoms with Crippen LogP contribution in [0.2, 0.25) is 0 Å². The molecule has 2 N–H and O–H groups in total. The number of guanidine groups is 1. The van der Waals surface area contributed by atoms with Crippen LogP contribution in [0.3, 0.4) is 0 Å². The molecule has 1 aliphatic rings. The number of aliphatic imine (C=N–C) groups is 1. The monoisotopic (exact) mass is 432 g/mol. The van der Waals surface area contributed by atoms with Crippen LogP contribution in [0.1, 0.15) is 24.0 Å². The van der Waals surface area contributed by atoms with E-state index in [1.54, 1.807) is 7.05 Å². The Hall–Kier alpha value is -0.860. The number of rotatable bonds is 6. The molecule has 1 fully saturated rings. The molecule has 0 aromatic heterocycles. The molecule has 1 aliphatic heterocycles. The summed E-state index contributed by atoms with van der Waals surface area (Å²) >= 11 is 0. The molecule has 1 saturated heterocycles. The van der Waals surface area contributed by atoms with Gasteiger partial charge >= 0.3 is 0 Å². The first-order chi connectivity index (χ1) is 10.7. The van der Waals surface area contributed by atoms with Crippen molar-refractivity contribution >= 4 is 29.9 Å². The van der Waals surface area contributed by atoms with Crippen molar-refractivity contribution in [1.29, 1.82) is 0 Å². The van der Waals surface area contributed by atoms with Gasteiger partial charge in [0.1, 0.15) is 0 Å². The SMILES string of the molecule is CN=C(NCc1ccc(CN(C)C)cc1)NCC1CCCO1.I. The standard InChI is InChI=1S/C17H28N4O.HI/c1-18-17(20-12-16-5-4-10-22-16)19-11-14-6-8-15(9-7-14)13-21(2)3;/h6-9,16H,4-5,10-13H2,1-3H3,(H2,18,19,20);1H. The fourth-order valence-electron chi connectivity index (χ4n) is 2.55. The lowest BCUT2D eigenvalue weighted by Gasteiger charge is -2.15. The number of hydrogen-bond acceptors (Lipinski definition) is 3.